The van der Waals surface area contributed by atoms with Crippen molar-refractivity contribution in [2.75, 3.05) is 20.4 Å². The number of ether oxygens (including phenoxy) is 1. The Kier molecular flexibility index (Phi) is 10.7. The van der Waals surface area contributed by atoms with Gasteiger partial charge in [-0.3, -0.25) is 14.0 Å². The van der Waals surface area contributed by atoms with Gasteiger partial charge in [0.2, 0.25) is 5.88 Å². The van der Waals surface area contributed by atoms with Gasteiger partial charge in [-0.15, -0.1) is 0 Å². The first kappa shape index (κ1) is 32.6. The summed E-state index contributed by atoms with van der Waals surface area (Å²) in [6.07, 6.45) is 2.05. The van der Waals surface area contributed by atoms with Gasteiger partial charge in [0, 0.05) is 25.4 Å². The molecule has 10 nitrogen and oxygen atoms in total. The average molecular weight is 606 g/mol. The third-order valence-corrected chi connectivity index (χ3v) is 7.36. The van der Waals surface area contributed by atoms with E-state index in [4.69, 9.17) is 4.74 Å². The Hall–Kier alpha value is -3.94. The van der Waals surface area contributed by atoms with E-state index in [1.54, 1.807) is 26.0 Å². The normalized spacial score (nSPS) is 15.5. The SMILES string of the molecule is C=C(N=C(C(NC(C=O)=NCc1ccc(S(C)=O)nc1)=C(C)C)N(C)[C@@H](C)C(F)(F)F)c1c(OC)ncnc1C1CC1. The molecule has 0 bridgehead atoms. The zero-order valence-corrected chi connectivity index (χ0v) is 25.1. The van der Waals surface area contributed by atoms with Gasteiger partial charge in [-0.1, -0.05) is 12.6 Å². The molecule has 0 aromatic carbocycles. The number of likely N-dealkylation sites (N-methyl/N-ethyl adjacent to an activating group) is 1. The minimum absolute atomic E-state index is 0.0397. The van der Waals surface area contributed by atoms with E-state index in [2.05, 4.69) is 36.8 Å². The summed E-state index contributed by atoms with van der Waals surface area (Å²) in [5.74, 6) is 0.0956. The fourth-order valence-electron chi connectivity index (χ4n) is 3.86. The number of hydrogen-bond donors (Lipinski definition) is 1. The van der Waals surface area contributed by atoms with Crippen molar-refractivity contribution >= 4 is 34.5 Å². The van der Waals surface area contributed by atoms with Crippen LogP contribution in [0.25, 0.3) is 5.70 Å². The van der Waals surface area contributed by atoms with Crippen LogP contribution in [0.2, 0.25) is 0 Å². The highest BCUT2D eigenvalue weighted by Crippen LogP contribution is 2.44. The molecule has 2 atom stereocenters. The number of aldehydes is 1. The molecule has 1 fully saturated rings. The Morgan fingerprint density at radius 2 is 1.98 bits per heavy atom. The first-order valence-corrected chi connectivity index (χ1v) is 14.5. The smallest absolute Gasteiger partial charge is 0.408 e. The van der Waals surface area contributed by atoms with Crippen molar-refractivity contribution in [1.29, 1.82) is 0 Å². The molecular formula is C28H34F3N7O3S. The van der Waals surface area contributed by atoms with Crippen LogP contribution in [-0.2, 0) is 22.1 Å². The number of hydrogen-bond acceptors (Lipinski definition) is 8. The Morgan fingerprint density at radius 1 is 1.29 bits per heavy atom. The Labute approximate surface area is 245 Å². The van der Waals surface area contributed by atoms with Crippen LogP contribution in [0.3, 0.4) is 0 Å². The van der Waals surface area contributed by atoms with Crippen LogP contribution in [0.15, 0.2) is 57.5 Å². The number of pyridine rings is 1. The highest BCUT2D eigenvalue weighted by atomic mass is 32.2. The Balaban J connectivity index is 2.05. The van der Waals surface area contributed by atoms with E-state index >= 15 is 0 Å². The highest BCUT2D eigenvalue weighted by molar-refractivity contribution is 7.84. The molecule has 2 aromatic rings. The number of allylic oxidation sites excluding steroid dienone is 1. The van der Waals surface area contributed by atoms with Crippen LogP contribution >= 0.6 is 0 Å². The molecular weight excluding hydrogens is 571 g/mol. The summed E-state index contributed by atoms with van der Waals surface area (Å²) >= 11 is 0. The summed E-state index contributed by atoms with van der Waals surface area (Å²) < 4.78 is 58.7. The highest BCUT2D eigenvalue weighted by Gasteiger charge is 2.41. The summed E-state index contributed by atoms with van der Waals surface area (Å²) in [5, 5.41) is 3.27. The lowest BCUT2D eigenvalue weighted by molar-refractivity contribution is -0.166. The predicted molar refractivity (Wildman–Crippen MR) is 156 cm³/mol. The van der Waals surface area contributed by atoms with Crippen LogP contribution in [0.5, 0.6) is 5.88 Å². The van der Waals surface area contributed by atoms with Gasteiger partial charge >= 0.3 is 6.18 Å². The zero-order valence-electron chi connectivity index (χ0n) is 24.3. The van der Waals surface area contributed by atoms with Crippen LogP contribution < -0.4 is 10.1 Å². The van der Waals surface area contributed by atoms with E-state index in [0.29, 0.717) is 33.7 Å². The molecule has 14 heteroatoms. The minimum atomic E-state index is -4.58. The second kappa shape index (κ2) is 13.8. The van der Waals surface area contributed by atoms with Crippen molar-refractivity contribution < 1.29 is 26.9 Å². The number of alkyl halides is 3. The van der Waals surface area contributed by atoms with E-state index < -0.39 is 23.0 Å². The number of nitrogens with one attached hydrogen (secondary N) is 1. The van der Waals surface area contributed by atoms with Gasteiger partial charge in [0.15, 0.2) is 18.0 Å². The molecule has 2 heterocycles. The molecule has 0 radical (unpaired) electrons. The maximum atomic E-state index is 13.9. The third kappa shape index (κ3) is 8.08. The summed E-state index contributed by atoms with van der Waals surface area (Å²) in [7, 11) is 1.44. The molecule has 42 heavy (non-hydrogen) atoms. The van der Waals surface area contributed by atoms with Gasteiger partial charge < -0.3 is 15.0 Å². The van der Waals surface area contributed by atoms with Crippen LogP contribution in [0.4, 0.5) is 13.2 Å². The Bertz CT molecular complexity index is 1430. The lowest BCUT2D eigenvalue weighted by Gasteiger charge is -2.31. The molecule has 0 aliphatic heterocycles. The fourth-order valence-corrected chi connectivity index (χ4v) is 4.32. The monoisotopic (exact) mass is 605 g/mol. The summed E-state index contributed by atoms with van der Waals surface area (Å²) in [4.78, 5) is 34.5. The number of halogens is 3. The molecule has 226 valence electrons. The molecule has 1 unspecified atom stereocenters. The Morgan fingerprint density at radius 3 is 2.48 bits per heavy atom. The zero-order chi connectivity index (χ0) is 31.2. The number of nitrogens with zero attached hydrogens (tertiary/aromatic N) is 6. The van der Waals surface area contributed by atoms with Crippen LogP contribution in [0, 0.1) is 0 Å². The van der Waals surface area contributed by atoms with Crippen molar-refractivity contribution in [3.05, 3.63) is 59.3 Å². The van der Waals surface area contributed by atoms with E-state index in [9.17, 15) is 22.2 Å². The van der Waals surface area contributed by atoms with Crippen molar-refractivity contribution in [1.82, 2.24) is 25.2 Å². The number of carbonyl (C=O) groups excluding carboxylic acids is 1. The molecule has 1 aliphatic rings. The van der Waals surface area contributed by atoms with Crippen molar-refractivity contribution in [3.8, 4) is 5.88 Å². The van der Waals surface area contributed by atoms with Gasteiger partial charge in [0.05, 0.1) is 47.1 Å². The van der Waals surface area contributed by atoms with E-state index in [1.165, 1.54) is 32.9 Å². The largest absolute Gasteiger partial charge is 0.480 e. The number of methoxy groups -OCH3 is 1. The fraction of sp³-hybridized carbons (Fsp3) is 0.429. The molecule has 0 amide bonds. The molecule has 0 saturated heterocycles. The summed E-state index contributed by atoms with van der Waals surface area (Å²) in [6, 6.07) is 1.33. The lowest BCUT2D eigenvalue weighted by atomic mass is 10.1. The number of rotatable bonds is 11. The van der Waals surface area contributed by atoms with Crippen molar-refractivity contribution in [2.24, 2.45) is 9.98 Å². The van der Waals surface area contributed by atoms with Gasteiger partial charge in [0.25, 0.3) is 0 Å². The molecule has 1 aliphatic carbocycles. The lowest BCUT2D eigenvalue weighted by Crippen LogP contribution is -2.47. The molecule has 1 N–H and O–H groups in total. The van der Waals surface area contributed by atoms with E-state index in [1.807, 2.05) is 0 Å². The maximum Gasteiger partial charge on any atom is 0.408 e. The van der Waals surface area contributed by atoms with Gasteiger partial charge in [-0.2, -0.15) is 13.2 Å². The number of aromatic nitrogens is 3. The van der Waals surface area contributed by atoms with E-state index in [0.717, 1.165) is 24.7 Å². The van der Waals surface area contributed by atoms with Gasteiger partial charge in [-0.05, 0) is 50.8 Å². The number of carbonyl (C=O) groups is 1. The van der Waals surface area contributed by atoms with Gasteiger partial charge in [0.1, 0.15) is 17.4 Å². The average Bonchev–Trinajstić information content (AvgIpc) is 3.80. The molecule has 3 rings (SSSR count). The standard InChI is InChI=1S/C28H34F3N7O3S/c1-16(2)24(37-21(14-39)32-12-19-8-11-22(33-13-19)42(7)40)26(38(5)18(4)28(29,30)31)36-17(3)23-25(20-9-10-20)34-15-35-27(23)41-6/h8,11,13-15,18,20H,3,9-10,12H2,1-2,4-7H3,(H,32,37)/t18-,42?/m0/s1. The number of amidine groups is 2. The quantitative estimate of drug-likeness (QED) is 0.227. The first-order valence-electron chi connectivity index (χ1n) is 13.0. The molecule has 1 saturated carbocycles. The van der Waals surface area contributed by atoms with Crippen molar-refractivity contribution in [2.45, 2.75) is 63.3 Å². The van der Waals surface area contributed by atoms with Gasteiger partial charge in [-0.25, -0.2) is 19.9 Å². The second-order valence-electron chi connectivity index (χ2n) is 9.91. The van der Waals surface area contributed by atoms with Crippen LogP contribution in [-0.4, -0.2) is 74.6 Å². The third-order valence-electron chi connectivity index (χ3n) is 6.53. The summed E-state index contributed by atoms with van der Waals surface area (Å²) in [6.45, 7) is 8.44. The summed E-state index contributed by atoms with van der Waals surface area (Å²) in [5.41, 5.74) is 2.49. The second-order valence-corrected chi connectivity index (χ2v) is 11.2. The molecule has 0 spiro atoms. The van der Waals surface area contributed by atoms with Crippen molar-refractivity contribution in [3.63, 3.8) is 0 Å². The molecule has 2 aromatic heterocycles. The minimum Gasteiger partial charge on any atom is -0.480 e. The topological polar surface area (TPSA) is 122 Å². The first-order chi connectivity index (χ1) is 19.8. The van der Waals surface area contributed by atoms with Crippen LogP contribution in [0.1, 0.15) is 56.4 Å². The van der Waals surface area contributed by atoms with E-state index in [-0.39, 0.29) is 41.4 Å². The number of aliphatic imine (C=N–C) groups is 2. The maximum absolute atomic E-state index is 13.9. The predicted octanol–water partition coefficient (Wildman–Crippen LogP) is 4.43.